The molecule has 2 rings (SSSR count). The average molecular weight is 506 g/mol. The number of nitrogens with zero attached hydrogens (tertiary/aromatic N) is 3. The summed E-state index contributed by atoms with van der Waals surface area (Å²) in [6.45, 7) is 6.72. The summed E-state index contributed by atoms with van der Waals surface area (Å²) in [5.74, 6) is 0.152. The second kappa shape index (κ2) is 13.0. The van der Waals surface area contributed by atoms with E-state index in [1.807, 2.05) is 0 Å². The van der Waals surface area contributed by atoms with E-state index in [0.717, 1.165) is 0 Å². The fourth-order valence-corrected chi connectivity index (χ4v) is 3.51. The summed E-state index contributed by atoms with van der Waals surface area (Å²) in [5.41, 5.74) is 7.63. The van der Waals surface area contributed by atoms with Crippen molar-refractivity contribution in [2.24, 2.45) is 10.5 Å². The van der Waals surface area contributed by atoms with Crippen LogP contribution in [-0.2, 0) is 22.7 Å². The summed E-state index contributed by atoms with van der Waals surface area (Å²) in [6.07, 6.45) is 0.724. The molecule has 2 atom stereocenters. The van der Waals surface area contributed by atoms with Gasteiger partial charge >= 0.3 is 20.2 Å². The number of aromatic nitrogens is 1. The summed E-state index contributed by atoms with van der Waals surface area (Å²) in [5, 5.41) is 0. The predicted octanol–water partition coefficient (Wildman–Crippen LogP) is 3.06. The molecule has 11 nitrogen and oxygen atoms in total. The molecule has 0 aliphatic rings. The van der Waals surface area contributed by atoms with Gasteiger partial charge in [0.15, 0.2) is 17.5 Å². The lowest BCUT2D eigenvalue weighted by Crippen LogP contribution is -2.26. The minimum absolute atomic E-state index is 0.0255. The number of hydrogen-bond donors (Lipinski definition) is 1. The van der Waals surface area contributed by atoms with E-state index in [4.69, 9.17) is 24.5 Å². The fraction of sp³-hybridized carbons (Fsp3) is 0.435. The van der Waals surface area contributed by atoms with Gasteiger partial charge in [0.25, 0.3) is 0 Å². The second-order valence-corrected chi connectivity index (χ2v) is 8.87. The first-order valence-electron chi connectivity index (χ1n) is 10.9. The number of nitrogens with two attached hydrogens (primary N) is 1. The minimum atomic E-state index is -2.57. The minimum Gasteiger partial charge on any atom is -0.575 e. The van der Waals surface area contributed by atoms with Gasteiger partial charge in [-0.3, -0.25) is 9.51 Å². The molecule has 0 spiro atoms. The Morgan fingerprint density at radius 2 is 1.86 bits per heavy atom. The van der Waals surface area contributed by atoms with Crippen LogP contribution in [0.4, 0.5) is 4.79 Å². The molecule has 1 aromatic carbocycles. The monoisotopic (exact) mass is 506 g/mol. The van der Waals surface area contributed by atoms with Crippen LogP contribution in [0.1, 0.15) is 37.6 Å². The van der Waals surface area contributed by atoms with E-state index in [1.165, 1.54) is 11.8 Å². The van der Waals surface area contributed by atoms with Crippen molar-refractivity contribution < 1.29 is 33.2 Å². The first-order valence-corrected chi connectivity index (χ1v) is 12.0. The zero-order valence-corrected chi connectivity index (χ0v) is 21.6. The van der Waals surface area contributed by atoms with E-state index in [1.54, 1.807) is 65.3 Å². The normalized spacial score (nSPS) is 12.2. The number of rotatable bonds is 10. The molecule has 2 aromatic rings. The fourth-order valence-electron chi connectivity index (χ4n) is 2.77. The maximum atomic E-state index is 12.4. The van der Waals surface area contributed by atoms with Gasteiger partial charge in [0, 0.05) is 38.0 Å². The molecule has 1 amide bonds. The third kappa shape index (κ3) is 8.17. The van der Waals surface area contributed by atoms with Crippen LogP contribution in [0.15, 0.2) is 35.2 Å². The number of para-hydroxylation sites is 2. The number of hydrogen-bond acceptors (Lipinski definition) is 10. The largest absolute Gasteiger partial charge is 0.575 e. The van der Waals surface area contributed by atoms with Crippen molar-refractivity contribution >= 4 is 20.2 Å². The maximum Gasteiger partial charge on any atom is 0.414 e. The van der Waals surface area contributed by atoms with Gasteiger partial charge < -0.3 is 29.7 Å². The lowest BCUT2D eigenvalue weighted by atomic mass is 10.1. The lowest BCUT2D eigenvalue weighted by molar-refractivity contribution is -0.170. The van der Waals surface area contributed by atoms with Crippen molar-refractivity contribution in [2.75, 3.05) is 14.1 Å². The molecular weight excluding hydrogens is 475 g/mol. The first-order chi connectivity index (χ1) is 16.5. The quantitative estimate of drug-likeness (QED) is 0.379. The third-order valence-corrected chi connectivity index (χ3v) is 5.42. The first kappa shape index (κ1) is 28.0. The van der Waals surface area contributed by atoms with Crippen molar-refractivity contribution in [3.8, 4) is 17.2 Å². The Labute approximate surface area is 205 Å². The molecule has 0 saturated heterocycles. The van der Waals surface area contributed by atoms with Crippen LogP contribution in [0, 0.1) is 6.92 Å². The summed E-state index contributed by atoms with van der Waals surface area (Å²) in [6, 6.07) is 5.64. The molecule has 0 aliphatic carbocycles. The molecule has 0 bridgehead atoms. The molecule has 0 fully saturated rings. The highest BCUT2D eigenvalue weighted by molar-refractivity contribution is 7.34. The van der Waals surface area contributed by atoms with E-state index >= 15 is 0 Å². The number of pyridine rings is 1. The number of amides is 1. The van der Waals surface area contributed by atoms with Crippen LogP contribution in [0.25, 0.3) is 0 Å². The number of aryl methyl sites for hydroxylation is 1. The van der Waals surface area contributed by atoms with E-state index in [-0.39, 0.29) is 30.8 Å². The summed E-state index contributed by atoms with van der Waals surface area (Å²) >= 11 is 0. The van der Waals surface area contributed by atoms with Crippen LogP contribution in [0.3, 0.4) is 0 Å². The zero-order valence-electron chi connectivity index (χ0n) is 20.7. The van der Waals surface area contributed by atoms with Gasteiger partial charge in [-0.05, 0) is 39.8 Å². The SMILES string of the molecule is Cc1ncc(COc2ccccc2O[P+]([O-])=N[C@@H](C)C(=O)OC(C)C)c(CN)c1OC(=O)N(C)C. The standard InChI is InChI=1S/C23H31N4O7P/c1-14(2)32-22(28)16(4)26-35(30)34-20-10-8-7-9-19(20)31-13-17-12-25-15(3)21(18(17)11-24)33-23(29)27(5)6/h7-10,12,14,16H,11,13,24H2,1-6H3/t16-/m0/s1. The summed E-state index contributed by atoms with van der Waals surface area (Å²) < 4.78 is 25.7. The molecule has 12 heteroatoms. The molecule has 35 heavy (non-hydrogen) atoms. The van der Waals surface area contributed by atoms with Gasteiger partial charge in [0.05, 0.1) is 11.8 Å². The molecule has 0 radical (unpaired) electrons. The van der Waals surface area contributed by atoms with E-state index in [2.05, 4.69) is 9.73 Å². The zero-order chi connectivity index (χ0) is 26.1. The second-order valence-electron chi connectivity index (χ2n) is 7.98. The van der Waals surface area contributed by atoms with Crippen LogP contribution in [0.2, 0.25) is 0 Å². The van der Waals surface area contributed by atoms with Crippen LogP contribution < -0.4 is 24.6 Å². The number of esters is 1. The molecule has 0 saturated carbocycles. The van der Waals surface area contributed by atoms with Gasteiger partial charge in [-0.2, -0.15) is 0 Å². The smallest absolute Gasteiger partial charge is 0.414 e. The molecule has 1 heterocycles. The van der Waals surface area contributed by atoms with Gasteiger partial charge in [0.1, 0.15) is 6.61 Å². The van der Waals surface area contributed by atoms with Gasteiger partial charge in [-0.25, -0.2) is 9.59 Å². The van der Waals surface area contributed by atoms with Crippen molar-refractivity contribution in [1.29, 1.82) is 0 Å². The van der Waals surface area contributed by atoms with E-state index in [9.17, 15) is 14.5 Å². The Bertz CT molecular complexity index is 1080. The Kier molecular flexibility index (Phi) is 10.4. The van der Waals surface area contributed by atoms with Crippen LogP contribution >= 0.6 is 8.17 Å². The van der Waals surface area contributed by atoms with Gasteiger partial charge in [-0.15, -0.1) is 0 Å². The van der Waals surface area contributed by atoms with Crippen LogP contribution in [-0.4, -0.2) is 48.2 Å². The Morgan fingerprint density at radius 1 is 1.20 bits per heavy atom. The van der Waals surface area contributed by atoms with Crippen molar-refractivity contribution in [1.82, 2.24) is 9.88 Å². The average Bonchev–Trinajstić information content (AvgIpc) is 2.79. The highest BCUT2D eigenvalue weighted by atomic mass is 31.1. The summed E-state index contributed by atoms with van der Waals surface area (Å²) in [4.78, 5) is 42.0. The van der Waals surface area contributed by atoms with E-state index in [0.29, 0.717) is 22.6 Å². The Morgan fingerprint density at radius 3 is 2.46 bits per heavy atom. The Balaban J connectivity index is 2.20. The number of ether oxygens (including phenoxy) is 3. The lowest BCUT2D eigenvalue weighted by Gasteiger charge is -2.18. The summed E-state index contributed by atoms with van der Waals surface area (Å²) in [7, 11) is 0.573. The molecule has 2 N–H and O–H groups in total. The highest BCUT2D eigenvalue weighted by Crippen LogP contribution is 2.34. The Hall–Kier alpha value is -3.27. The van der Waals surface area contributed by atoms with Gasteiger partial charge in [0.2, 0.25) is 5.75 Å². The number of carbonyl (C=O) groups excluding carboxylic acids is 2. The molecule has 0 aliphatic heterocycles. The van der Waals surface area contributed by atoms with Gasteiger partial charge in [-0.1, -0.05) is 16.9 Å². The van der Waals surface area contributed by atoms with E-state index < -0.39 is 26.3 Å². The molecule has 190 valence electrons. The predicted molar refractivity (Wildman–Crippen MR) is 128 cm³/mol. The molecule has 1 unspecified atom stereocenters. The molecule has 1 aromatic heterocycles. The highest BCUT2D eigenvalue weighted by Gasteiger charge is 2.21. The van der Waals surface area contributed by atoms with Crippen LogP contribution in [0.5, 0.6) is 17.2 Å². The maximum absolute atomic E-state index is 12.4. The van der Waals surface area contributed by atoms with Crippen molar-refractivity contribution in [3.05, 3.63) is 47.3 Å². The van der Waals surface area contributed by atoms with Crippen molar-refractivity contribution in [2.45, 2.75) is 53.0 Å². The number of carbonyl (C=O) groups is 2. The number of benzene rings is 1. The molecular formula is C23H31N4O7P. The topological polar surface area (TPSA) is 149 Å². The van der Waals surface area contributed by atoms with Crippen molar-refractivity contribution in [3.63, 3.8) is 0 Å². The third-order valence-electron chi connectivity index (χ3n) is 4.53.